The maximum Gasteiger partial charge on any atom is 0.246 e. The maximum absolute atomic E-state index is 13.7. The summed E-state index contributed by atoms with van der Waals surface area (Å²) in [5.74, 6) is -1.01. The molecule has 2 aliphatic heterocycles. The van der Waals surface area contributed by atoms with E-state index in [1.807, 2.05) is 0 Å². The highest BCUT2D eigenvalue weighted by molar-refractivity contribution is 6.31. The molecule has 148 valence electrons. The molecule has 1 fully saturated rings. The van der Waals surface area contributed by atoms with Crippen molar-refractivity contribution in [2.75, 3.05) is 29.9 Å². The molecule has 4 heterocycles. The van der Waals surface area contributed by atoms with Crippen molar-refractivity contribution in [3.8, 4) is 11.4 Å². The van der Waals surface area contributed by atoms with Crippen molar-refractivity contribution in [2.45, 2.75) is 31.7 Å². The number of pyridine rings is 1. The van der Waals surface area contributed by atoms with Crippen LogP contribution in [-0.2, 0) is 4.79 Å². The van der Waals surface area contributed by atoms with E-state index in [-0.39, 0.29) is 23.5 Å². The first-order chi connectivity index (χ1) is 13.4. The third kappa shape index (κ3) is 3.64. The predicted octanol–water partition coefficient (Wildman–Crippen LogP) is 2.68. The van der Waals surface area contributed by atoms with E-state index in [0.29, 0.717) is 22.6 Å². The second-order valence-electron chi connectivity index (χ2n) is 7.01. The Morgan fingerprint density at radius 2 is 2.14 bits per heavy atom. The second-order valence-corrected chi connectivity index (χ2v) is 7.44. The molecule has 0 radical (unpaired) electrons. The normalized spacial score (nSPS) is 22.2. The lowest BCUT2D eigenvalue weighted by Gasteiger charge is -2.33. The number of nitrogens with zero attached hydrogens (tertiary/aromatic N) is 4. The number of halogens is 3. The molecule has 0 aliphatic carbocycles. The third-order valence-corrected chi connectivity index (χ3v) is 5.15. The minimum Gasteiger partial charge on any atom is -0.354 e. The van der Waals surface area contributed by atoms with Gasteiger partial charge in [-0.05, 0) is 19.1 Å². The Morgan fingerprint density at radius 3 is 2.89 bits per heavy atom. The number of rotatable bonds is 3. The van der Waals surface area contributed by atoms with Gasteiger partial charge in [0.2, 0.25) is 12.3 Å². The van der Waals surface area contributed by atoms with Crippen molar-refractivity contribution in [3.63, 3.8) is 0 Å². The van der Waals surface area contributed by atoms with E-state index >= 15 is 0 Å². The van der Waals surface area contributed by atoms with Crippen LogP contribution in [-0.4, -0.2) is 53.0 Å². The van der Waals surface area contributed by atoms with Gasteiger partial charge in [-0.25, -0.2) is 23.7 Å². The summed E-state index contributed by atoms with van der Waals surface area (Å²) in [6.07, 6.45) is -1.81. The first-order valence-corrected chi connectivity index (χ1v) is 9.39. The average Bonchev–Trinajstić information content (AvgIpc) is 2.66. The zero-order valence-corrected chi connectivity index (χ0v) is 15.9. The largest absolute Gasteiger partial charge is 0.354 e. The molecule has 0 bridgehead atoms. The molecule has 7 nitrogen and oxygen atoms in total. The van der Waals surface area contributed by atoms with Crippen LogP contribution in [0, 0.1) is 0 Å². The third-order valence-electron chi connectivity index (χ3n) is 4.93. The topological polar surface area (TPSA) is 83.0 Å². The first kappa shape index (κ1) is 18.9. The van der Waals surface area contributed by atoms with E-state index < -0.39 is 18.3 Å². The average molecular weight is 409 g/mol. The summed E-state index contributed by atoms with van der Waals surface area (Å²) in [5.41, 5.74) is 0.850. The van der Waals surface area contributed by atoms with Crippen LogP contribution in [0.5, 0.6) is 0 Å². The molecule has 0 saturated carbocycles. The first-order valence-electron chi connectivity index (χ1n) is 9.01. The molecular formula is C18H19ClF2N6O. The van der Waals surface area contributed by atoms with Gasteiger partial charge in [0, 0.05) is 42.7 Å². The molecule has 2 aliphatic rings. The molecule has 28 heavy (non-hydrogen) atoms. The summed E-state index contributed by atoms with van der Waals surface area (Å²) in [6.45, 7) is 4.40. The zero-order valence-electron chi connectivity index (χ0n) is 15.1. The molecule has 2 aromatic rings. The molecule has 1 amide bonds. The number of fused-ring (bicyclic) bond motifs is 1. The van der Waals surface area contributed by atoms with Gasteiger partial charge in [0.05, 0.1) is 17.3 Å². The monoisotopic (exact) mass is 408 g/mol. The van der Waals surface area contributed by atoms with Gasteiger partial charge in [-0.2, -0.15) is 0 Å². The number of hydrogen-bond donors (Lipinski definition) is 2. The standard InChI is InChI=1S/C18H19ClF2N6O/c1-9-7-27(3-2-22-9)13-5-10(19)4-12(25-13)16-15-11(17(20)21)6-14(28)26-18(15)24-8-23-16/h4-5,8-9,11,17,22H,2-3,6-7H2,1H3,(H,23,24,26,28)/t9-,11+/m0/s1. The summed E-state index contributed by atoms with van der Waals surface area (Å²) in [7, 11) is 0. The molecule has 2 N–H and O–H groups in total. The Kier molecular flexibility index (Phi) is 5.11. The Bertz CT molecular complexity index is 912. The molecule has 4 rings (SSSR count). The van der Waals surface area contributed by atoms with Gasteiger partial charge in [-0.15, -0.1) is 0 Å². The van der Waals surface area contributed by atoms with Crippen molar-refractivity contribution in [1.82, 2.24) is 20.3 Å². The van der Waals surface area contributed by atoms with Crippen LogP contribution in [0.2, 0.25) is 5.02 Å². The van der Waals surface area contributed by atoms with Crippen LogP contribution in [0.1, 0.15) is 24.8 Å². The summed E-state index contributed by atoms with van der Waals surface area (Å²) in [6, 6.07) is 3.64. The number of alkyl halides is 2. The lowest BCUT2D eigenvalue weighted by Crippen LogP contribution is -2.49. The fourth-order valence-corrected chi connectivity index (χ4v) is 3.86. The van der Waals surface area contributed by atoms with E-state index in [9.17, 15) is 13.6 Å². The highest BCUT2D eigenvalue weighted by Crippen LogP contribution is 2.40. The van der Waals surface area contributed by atoms with Gasteiger partial charge < -0.3 is 15.5 Å². The molecule has 10 heteroatoms. The zero-order chi connectivity index (χ0) is 19.8. The minimum absolute atomic E-state index is 0.102. The van der Waals surface area contributed by atoms with Gasteiger partial charge in [-0.1, -0.05) is 11.6 Å². The van der Waals surface area contributed by atoms with Crippen LogP contribution in [0.15, 0.2) is 18.5 Å². The van der Waals surface area contributed by atoms with Crippen molar-refractivity contribution < 1.29 is 13.6 Å². The molecule has 2 atom stereocenters. The van der Waals surface area contributed by atoms with Crippen LogP contribution >= 0.6 is 11.6 Å². The molecule has 1 saturated heterocycles. The smallest absolute Gasteiger partial charge is 0.246 e. The van der Waals surface area contributed by atoms with Crippen LogP contribution in [0.4, 0.5) is 20.4 Å². The van der Waals surface area contributed by atoms with Crippen LogP contribution in [0.25, 0.3) is 11.4 Å². The number of carbonyl (C=O) groups excluding carboxylic acids is 1. The Hall–Kier alpha value is -2.39. The number of hydrogen-bond acceptors (Lipinski definition) is 6. The molecule has 0 aromatic carbocycles. The van der Waals surface area contributed by atoms with Crippen LogP contribution < -0.4 is 15.5 Å². The maximum atomic E-state index is 13.7. The highest BCUT2D eigenvalue weighted by Gasteiger charge is 2.36. The number of aromatic nitrogens is 3. The Labute approximate surface area is 165 Å². The second kappa shape index (κ2) is 7.56. The van der Waals surface area contributed by atoms with Gasteiger partial charge >= 0.3 is 0 Å². The van der Waals surface area contributed by atoms with Gasteiger partial charge in [0.1, 0.15) is 18.0 Å². The molecular weight excluding hydrogens is 390 g/mol. The minimum atomic E-state index is -2.72. The Morgan fingerprint density at radius 1 is 1.32 bits per heavy atom. The summed E-state index contributed by atoms with van der Waals surface area (Å²) in [4.78, 5) is 26.7. The molecule has 2 aromatic heterocycles. The summed E-state index contributed by atoms with van der Waals surface area (Å²) < 4.78 is 27.3. The SMILES string of the molecule is C[C@H]1CN(c2cc(Cl)cc(-c3ncnc4c3[C@H](C(F)F)CC(=O)N4)n2)CCN1. The predicted molar refractivity (Wildman–Crippen MR) is 102 cm³/mol. The number of piperazine rings is 1. The number of amides is 1. The van der Waals surface area contributed by atoms with Crippen LogP contribution in [0.3, 0.4) is 0 Å². The van der Waals surface area contributed by atoms with Gasteiger partial charge in [0.25, 0.3) is 0 Å². The quantitative estimate of drug-likeness (QED) is 0.812. The lowest BCUT2D eigenvalue weighted by atomic mass is 9.90. The van der Waals surface area contributed by atoms with E-state index in [1.54, 1.807) is 12.1 Å². The van der Waals surface area contributed by atoms with E-state index in [4.69, 9.17) is 11.6 Å². The number of carbonyl (C=O) groups is 1. The Balaban J connectivity index is 1.80. The summed E-state index contributed by atoms with van der Waals surface area (Å²) in [5, 5.41) is 6.35. The fraction of sp³-hybridized carbons (Fsp3) is 0.444. The van der Waals surface area contributed by atoms with Gasteiger partial charge in [-0.3, -0.25) is 4.79 Å². The van der Waals surface area contributed by atoms with Crippen molar-refractivity contribution in [3.05, 3.63) is 29.0 Å². The molecule has 0 spiro atoms. The number of anilines is 2. The van der Waals surface area contributed by atoms with E-state index in [0.717, 1.165) is 19.6 Å². The van der Waals surface area contributed by atoms with Crippen molar-refractivity contribution >= 4 is 29.1 Å². The molecule has 0 unspecified atom stereocenters. The summed E-state index contributed by atoms with van der Waals surface area (Å²) >= 11 is 6.32. The lowest BCUT2D eigenvalue weighted by molar-refractivity contribution is -0.117. The van der Waals surface area contributed by atoms with E-state index in [1.165, 1.54) is 6.33 Å². The number of nitrogens with one attached hydrogen (secondary N) is 2. The van der Waals surface area contributed by atoms with Crippen molar-refractivity contribution in [2.24, 2.45) is 0 Å². The van der Waals surface area contributed by atoms with Crippen molar-refractivity contribution in [1.29, 1.82) is 0 Å². The van der Waals surface area contributed by atoms with Gasteiger partial charge in [0.15, 0.2) is 0 Å². The highest BCUT2D eigenvalue weighted by atomic mass is 35.5. The fourth-order valence-electron chi connectivity index (χ4n) is 3.66. The van der Waals surface area contributed by atoms with E-state index in [2.05, 4.69) is 37.4 Å².